The molecule has 1 aliphatic heterocycles. The van der Waals surface area contributed by atoms with Crippen molar-refractivity contribution in [3.05, 3.63) is 72.7 Å². The molecule has 0 saturated carbocycles. The highest BCUT2D eigenvalue weighted by Gasteiger charge is 2.32. The van der Waals surface area contributed by atoms with Crippen LogP contribution in [0.1, 0.15) is 26.2 Å². The van der Waals surface area contributed by atoms with Crippen molar-refractivity contribution in [2.24, 2.45) is 5.92 Å². The molecule has 0 radical (unpaired) electrons. The molecule has 1 saturated heterocycles. The number of anilines is 1. The minimum Gasteiger partial charge on any atom is -0.493 e. The summed E-state index contributed by atoms with van der Waals surface area (Å²) in [4.78, 5) is 6.62. The number of hydrogen-bond donors (Lipinski definition) is 1. The average molecular weight is 648 g/mol. The SMILES string of the molecule is COc1cc2c(Oc3ccc(NS(=O)c4ccccc4OC(F)(F)F)cc3F)ccnc2cc1OCCCN1CCCC(C)C1. The fourth-order valence-electron chi connectivity index (χ4n) is 5.19. The van der Waals surface area contributed by atoms with E-state index in [1.807, 2.05) is 0 Å². The molecule has 3 aromatic carbocycles. The van der Waals surface area contributed by atoms with Gasteiger partial charge in [0.15, 0.2) is 34.1 Å². The van der Waals surface area contributed by atoms with Crippen LogP contribution in [-0.2, 0) is 11.0 Å². The summed E-state index contributed by atoms with van der Waals surface area (Å²) in [6.45, 7) is 5.99. The van der Waals surface area contributed by atoms with Gasteiger partial charge < -0.3 is 28.6 Å². The summed E-state index contributed by atoms with van der Waals surface area (Å²) in [7, 11) is -0.653. The molecular weight excluding hydrogens is 614 g/mol. The molecule has 0 bridgehead atoms. The molecule has 1 aromatic heterocycles. The van der Waals surface area contributed by atoms with Gasteiger partial charge in [0.1, 0.15) is 16.4 Å². The van der Waals surface area contributed by atoms with Gasteiger partial charge in [-0.25, -0.2) is 8.60 Å². The van der Waals surface area contributed by atoms with E-state index in [-0.39, 0.29) is 16.3 Å². The van der Waals surface area contributed by atoms with E-state index < -0.39 is 28.9 Å². The van der Waals surface area contributed by atoms with Crippen LogP contribution in [0.15, 0.2) is 71.8 Å². The average Bonchev–Trinajstić information content (AvgIpc) is 3.00. The van der Waals surface area contributed by atoms with Crippen LogP contribution in [0.4, 0.5) is 23.2 Å². The van der Waals surface area contributed by atoms with Gasteiger partial charge in [-0.3, -0.25) is 4.98 Å². The largest absolute Gasteiger partial charge is 0.573 e. The Morgan fingerprint density at radius 1 is 1.02 bits per heavy atom. The maximum atomic E-state index is 15.1. The number of para-hydroxylation sites is 1. The first-order valence-electron chi connectivity index (χ1n) is 14.4. The third-order valence-electron chi connectivity index (χ3n) is 7.24. The van der Waals surface area contributed by atoms with Crippen molar-refractivity contribution in [3.63, 3.8) is 0 Å². The quantitative estimate of drug-likeness (QED) is 0.125. The topological polar surface area (TPSA) is 82.2 Å². The Kier molecular flexibility index (Phi) is 10.3. The van der Waals surface area contributed by atoms with Crippen LogP contribution in [0, 0.1) is 11.7 Å². The van der Waals surface area contributed by atoms with Crippen LogP contribution in [0.3, 0.4) is 0 Å². The molecular formula is C32H33F4N3O5S. The first kappa shape index (κ1) is 32.3. The Labute approximate surface area is 260 Å². The summed E-state index contributed by atoms with van der Waals surface area (Å²) in [5.41, 5.74) is 0.611. The molecule has 1 fully saturated rings. The third kappa shape index (κ3) is 8.54. The molecule has 0 amide bonds. The lowest BCUT2D eigenvalue weighted by atomic mass is 10.0. The summed E-state index contributed by atoms with van der Waals surface area (Å²) >= 11 is 0. The first-order valence-corrected chi connectivity index (χ1v) is 15.6. The Balaban J connectivity index is 1.26. The number of halogens is 4. The minimum absolute atomic E-state index is 0.0536. The number of methoxy groups -OCH3 is 1. The molecule has 2 unspecified atom stereocenters. The zero-order chi connectivity index (χ0) is 32.0. The number of likely N-dealkylation sites (tertiary alicyclic amines) is 1. The Bertz CT molecular complexity index is 1660. The van der Waals surface area contributed by atoms with Crippen LogP contribution in [-0.4, -0.2) is 53.8 Å². The van der Waals surface area contributed by atoms with Crippen molar-refractivity contribution in [1.29, 1.82) is 0 Å². The zero-order valence-corrected chi connectivity index (χ0v) is 25.6. The van der Waals surface area contributed by atoms with Gasteiger partial charge in [0.2, 0.25) is 0 Å². The lowest BCUT2D eigenvalue weighted by Crippen LogP contribution is -2.35. The normalized spacial score (nSPS) is 16.3. The summed E-state index contributed by atoms with van der Waals surface area (Å²) in [6, 6.07) is 13.8. The summed E-state index contributed by atoms with van der Waals surface area (Å²) in [5.74, 6) is 0.488. The van der Waals surface area contributed by atoms with Crippen molar-refractivity contribution in [2.75, 3.05) is 38.1 Å². The second kappa shape index (κ2) is 14.3. The zero-order valence-electron chi connectivity index (χ0n) is 24.7. The number of benzene rings is 3. The van der Waals surface area contributed by atoms with E-state index in [1.54, 1.807) is 18.2 Å². The molecule has 1 N–H and O–H groups in total. The van der Waals surface area contributed by atoms with E-state index in [9.17, 15) is 17.4 Å². The van der Waals surface area contributed by atoms with Gasteiger partial charge in [-0.1, -0.05) is 19.1 Å². The number of ether oxygens (including phenoxy) is 4. The summed E-state index contributed by atoms with van der Waals surface area (Å²) < 4.78 is 90.1. The summed E-state index contributed by atoms with van der Waals surface area (Å²) in [5, 5.41) is 0.563. The maximum absolute atomic E-state index is 15.1. The van der Waals surface area contributed by atoms with Crippen LogP contribution in [0.25, 0.3) is 10.9 Å². The molecule has 0 spiro atoms. The van der Waals surface area contributed by atoms with E-state index in [4.69, 9.17) is 14.2 Å². The number of aromatic nitrogens is 1. The Hall–Kier alpha value is -4.10. The van der Waals surface area contributed by atoms with Crippen LogP contribution < -0.4 is 23.7 Å². The molecule has 5 rings (SSSR count). The molecule has 1 aliphatic rings. The fourth-order valence-corrected chi connectivity index (χ4v) is 6.14. The highest BCUT2D eigenvalue weighted by atomic mass is 32.2. The Morgan fingerprint density at radius 3 is 2.60 bits per heavy atom. The van der Waals surface area contributed by atoms with Crippen molar-refractivity contribution in [1.82, 2.24) is 9.88 Å². The molecule has 45 heavy (non-hydrogen) atoms. The van der Waals surface area contributed by atoms with Crippen molar-refractivity contribution < 1.29 is 40.7 Å². The lowest BCUT2D eigenvalue weighted by molar-refractivity contribution is -0.275. The van der Waals surface area contributed by atoms with Gasteiger partial charge in [0.25, 0.3) is 0 Å². The van der Waals surface area contributed by atoms with Gasteiger partial charge in [0.05, 0.1) is 19.2 Å². The van der Waals surface area contributed by atoms with E-state index in [0.29, 0.717) is 34.8 Å². The Morgan fingerprint density at radius 2 is 1.84 bits per heavy atom. The molecule has 8 nitrogen and oxygen atoms in total. The van der Waals surface area contributed by atoms with E-state index >= 15 is 4.39 Å². The van der Waals surface area contributed by atoms with Crippen LogP contribution in [0.5, 0.6) is 28.7 Å². The smallest absolute Gasteiger partial charge is 0.493 e. The standard InChI is InChI=1S/C32H33F4N3O5S/c1-21-7-5-14-39(20-21)15-6-16-42-30-19-25-23(18-29(30)41-2)26(12-13-37-25)43-27-11-10-22(17-24(27)33)38-45(40)31-9-4-3-8-28(31)44-32(34,35)36/h3-4,8-13,17-19,21,38H,5-7,14-16,20H2,1-2H3. The predicted octanol–water partition coefficient (Wildman–Crippen LogP) is 7.71. The first-order chi connectivity index (χ1) is 21.6. The minimum atomic E-state index is -4.97. The van der Waals surface area contributed by atoms with Crippen LogP contribution in [0.2, 0.25) is 0 Å². The van der Waals surface area contributed by atoms with E-state index in [0.717, 1.165) is 44.1 Å². The molecule has 2 heterocycles. The third-order valence-corrected chi connectivity index (χ3v) is 8.40. The molecule has 2 atom stereocenters. The number of piperidine rings is 1. The monoisotopic (exact) mass is 647 g/mol. The molecule has 4 aromatic rings. The number of fused-ring (bicyclic) bond motifs is 1. The number of pyridine rings is 1. The van der Waals surface area contributed by atoms with Crippen molar-refractivity contribution in [3.8, 4) is 28.7 Å². The molecule has 0 aliphatic carbocycles. The van der Waals surface area contributed by atoms with E-state index in [2.05, 4.69) is 26.3 Å². The molecule has 240 valence electrons. The highest BCUT2D eigenvalue weighted by molar-refractivity contribution is 7.86. The second-order valence-electron chi connectivity index (χ2n) is 10.7. The van der Waals surface area contributed by atoms with E-state index in [1.165, 1.54) is 56.5 Å². The van der Waals surface area contributed by atoms with Crippen LogP contribution >= 0.6 is 0 Å². The van der Waals surface area contributed by atoms with Gasteiger partial charge in [-0.05, 0) is 68.1 Å². The maximum Gasteiger partial charge on any atom is 0.573 e. The van der Waals surface area contributed by atoms with Crippen molar-refractivity contribution in [2.45, 2.75) is 37.4 Å². The second-order valence-corrected chi connectivity index (χ2v) is 11.9. The number of nitrogens with one attached hydrogen (secondary N) is 1. The van der Waals surface area contributed by atoms with Crippen molar-refractivity contribution >= 4 is 27.6 Å². The molecule has 13 heteroatoms. The van der Waals surface area contributed by atoms with Gasteiger partial charge in [-0.15, -0.1) is 13.2 Å². The number of alkyl halides is 3. The predicted molar refractivity (Wildman–Crippen MR) is 163 cm³/mol. The number of rotatable bonds is 12. The number of hydrogen-bond acceptors (Lipinski definition) is 7. The highest BCUT2D eigenvalue weighted by Crippen LogP contribution is 2.38. The fraction of sp³-hybridized carbons (Fsp3) is 0.344. The van der Waals surface area contributed by atoms with Gasteiger partial charge >= 0.3 is 6.36 Å². The summed E-state index contributed by atoms with van der Waals surface area (Å²) in [6.07, 6.45) is -0.0622. The van der Waals surface area contributed by atoms with Gasteiger partial charge in [0, 0.05) is 42.5 Å². The number of nitrogens with zero attached hydrogens (tertiary/aromatic N) is 2. The lowest BCUT2D eigenvalue weighted by Gasteiger charge is -2.30. The van der Waals surface area contributed by atoms with Gasteiger partial charge in [-0.2, -0.15) is 0 Å².